The monoisotopic (exact) mass is 255 g/mol. The van der Waals surface area contributed by atoms with Gasteiger partial charge in [-0.25, -0.2) is 0 Å². The van der Waals surface area contributed by atoms with Crippen LogP contribution in [0.15, 0.2) is 0 Å². The predicted molar refractivity (Wildman–Crippen MR) is 66.0 cm³/mol. The van der Waals surface area contributed by atoms with E-state index in [1.807, 2.05) is 0 Å². The molecule has 102 valence electrons. The van der Waals surface area contributed by atoms with Gasteiger partial charge in [0, 0.05) is 20.0 Å². The highest BCUT2D eigenvalue weighted by molar-refractivity contribution is 5.87. The molecule has 0 aromatic rings. The molecule has 6 heteroatoms. The fourth-order valence-electron chi connectivity index (χ4n) is 2.54. The molecule has 0 saturated carbocycles. The van der Waals surface area contributed by atoms with Crippen molar-refractivity contribution in [2.75, 3.05) is 39.9 Å². The van der Waals surface area contributed by atoms with Crippen LogP contribution in [0, 0.1) is 5.92 Å². The highest BCUT2D eigenvalue weighted by atomic mass is 16.5. The molecule has 2 aliphatic heterocycles. The van der Waals surface area contributed by atoms with Crippen molar-refractivity contribution in [1.29, 1.82) is 0 Å². The van der Waals surface area contributed by atoms with E-state index in [2.05, 4.69) is 10.6 Å². The molecule has 2 amide bonds. The van der Waals surface area contributed by atoms with Crippen molar-refractivity contribution in [3.63, 3.8) is 0 Å². The molecule has 2 heterocycles. The fraction of sp³-hybridized carbons (Fsp3) is 0.833. The molecule has 2 N–H and O–H groups in total. The topological polar surface area (TPSA) is 70.7 Å². The Bertz CT molecular complexity index is 316. The Balaban J connectivity index is 1.94. The number of carbonyl (C=O) groups excluding carboxylic acids is 2. The summed E-state index contributed by atoms with van der Waals surface area (Å²) in [5.41, 5.74) is 0. The maximum Gasteiger partial charge on any atom is 0.244 e. The molecule has 2 unspecified atom stereocenters. The Morgan fingerprint density at radius 2 is 2.33 bits per heavy atom. The van der Waals surface area contributed by atoms with Crippen LogP contribution in [-0.2, 0) is 14.3 Å². The molecule has 0 aliphatic carbocycles. The molecule has 18 heavy (non-hydrogen) atoms. The van der Waals surface area contributed by atoms with Crippen LogP contribution in [0.4, 0.5) is 0 Å². The summed E-state index contributed by atoms with van der Waals surface area (Å²) >= 11 is 0. The zero-order chi connectivity index (χ0) is 13.0. The number of ether oxygens (including phenoxy) is 1. The summed E-state index contributed by atoms with van der Waals surface area (Å²) in [7, 11) is 1.58. The van der Waals surface area contributed by atoms with E-state index in [0.29, 0.717) is 32.1 Å². The van der Waals surface area contributed by atoms with Crippen molar-refractivity contribution in [3.05, 3.63) is 0 Å². The third kappa shape index (κ3) is 3.00. The van der Waals surface area contributed by atoms with E-state index in [1.54, 1.807) is 11.9 Å². The highest BCUT2D eigenvalue weighted by Crippen LogP contribution is 2.16. The van der Waals surface area contributed by atoms with Gasteiger partial charge in [0.1, 0.15) is 6.04 Å². The lowest BCUT2D eigenvalue weighted by Gasteiger charge is -2.34. The second-order valence-electron chi connectivity index (χ2n) is 4.86. The largest absolute Gasteiger partial charge is 0.377 e. The first-order valence-corrected chi connectivity index (χ1v) is 6.52. The quantitative estimate of drug-likeness (QED) is 0.676. The molecule has 0 aromatic heterocycles. The number of morpholine rings is 1. The predicted octanol–water partition coefficient (Wildman–Crippen LogP) is -1.04. The van der Waals surface area contributed by atoms with Gasteiger partial charge in [0.15, 0.2) is 0 Å². The zero-order valence-corrected chi connectivity index (χ0v) is 10.8. The lowest BCUT2D eigenvalue weighted by molar-refractivity contribution is -0.148. The second kappa shape index (κ2) is 6.15. The summed E-state index contributed by atoms with van der Waals surface area (Å²) in [6.07, 6.45) is 1.57. The first kappa shape index (κ1) is 13.3. The van der Waals surface area contributed by atoms with Gasteiger partial charge in [-0.1, -0.05) is 0 Å². The molecule has 2 rings (SSSR count). The van der Waals surface area contributed by atoms with Crippen LogP contribution in [0.2, 0.25) is 0 Å². The number of rotatable bonds is 3. The van der Waals surface area contributed by atoms with Gasteiger partial charge in [-0.15, -0.1) is 0 Å². The summed E-state index contributed by atoms with van der Waals surface area (Å²) in [4.78, 5) is 25.6. The number of nitrogens with one attached hydrogen (secondary N) is 2. The van der Waals surface area contributed by atoms with Crippen LogP contribution in [-0.4, -0.2) is 62.7 Å². The SMILES string of the molecule is CNC(=O)C1COCCN1C(=O)CC1CCNC1. The van der Waals surface area contributed by atoms with Crippen LogP contribution < -0.4 is 10.6 Å². The Kier molecular flexibility index (Phi) is 4.54. The summed E-state index contributed by atoms with van der Waals surface area (Å²) in [6, 6.07) is -0.467. The minimum atomic E-state index is -0.467. The lowest BCUT2D eigenvalue weighted by atomic mass is 10.0. The van der Waals surface area contributed by atoms with Gasteiger partial charge < -0.3 is 20.3 Å². The fourth-order valence-corrected chi connectivity index (χ4v) is 2.54. The van der Waals surface area contributed by atoms with E-state index in [0.717, 1.165) is 19.5 Å². The summed E-state index contributed by atoms with van der Waals surface area (Å²) in [6.45, 7) is 3.22. The molecule has 2 fully saturated rings. The van der Waals surface area contributed by atoms with E-state index < -0.39 is 6.04 Å². The molecular formula is C12H21N3O3. The van der Waals surface area contributed by atoms with Crippen molar-refractivity contribution in [3.8, 4) is 0 Å². The van der Waals surface area contributed by atoms with Gasteiger partial charge in [-0.3, -0.25) is 9.59 Å². The molecule has 2 aliphatic rings. The molecule has 0 spiro atoms. The number of likely N-dealkylation sites (N-methyl/N-ethyl adjacent to an activating group) is 1. The van der Waals surface area contributed by atoms with Crippen LogP contribution in [0.5, 0.6) is 0 Å². The number of hydrogen-bond donors (Lipinski definition) is 2. The van der Waals surface area contributed by atoms with Crippen LogP contribution in [0.1, 0.15) is 12.8 Å². The van der Waals surface area contributed by atoms with E-state index in [4.69, 9.17) is 4.74 Å². The summed E-state index contributed by atoms with van der Waals surface area (Å²) in [5, 5.41) is 5.84. The molecule has 2 saturated heterocycles. The first-order chi connectivity index (χ1) is 8.72. The van der Waals surface area contributed by atoms with Crippen molar-refractivity contribution in [2.24, 2.45) is 5.92 Å². The van der Waals surface area contributed by atoms with Crippen molar-refractivity contribution >= 4 is 11.8 Å². The number of hydrogen-bond acceptors (Lipinski definition) is 4. The van der Waals surface area contributed by atoms with E-state index in [9.17, 15) is 9.59 Å². The van der Waals surface area contributed by atoms with Crippen molar-refractivity contribution < 1.29 is 14.3 Å². The van der Waals surface area contributed by atoms with Gasteiger partial charge in [0.25, 0.3) is 0 Å². The Hall–Kier alpha value is -1.14. The second-order valence-corrected chi connectivity index (χ2v) is 4.86. The van der Waals surface area contributed by atoms with Gasteiger partial charge in [-0.2, -0.15) is 0 Å². The highest BCUT2D eigenvalue weighted by Gasteiger charge is 2.33. The van der Waals surface area contributed by atoms with Crippen LogP contribution in [0.3, 0.4) is 0 Å². The average Bonchev–Trinajstić information content (AvgIpc) is 2.90. The molecular weight excluding hydrogens is 234 g/mol. The standard InChI is InChI=1S/C12H21N3O3/c1-13-12(17)10-8-18-5-4-15(10)11(16)6-9-2-3-14-7-9/h9-10,14H,2-8H2,1H3,(H,13,17). The van der Waals surface area contributed by atoms with Crippen molar-refractivity contribution in [2.45, 2.75) is 18.9 Å². The third-order valence-electron chi connectivity index (χ3n) is 3.62. The van der Waals surface area contributed by atoms with Gasteiger partial charge in [-0.05, 0) is 25.4 Å². The average molecular weight is 255 g/mol. The van der Waals surface area contributed by atoms with Crippen molar-refractivity contribution in [1.82, 2.24) is 15.5 Å². The number of carbonyl (C=O) groups is 2. The molecule has 2 atom stereocenters. The zero-order valence-electron chi connectivity index (χ0n) is 10.8. The van der Waals surface area contributed by atoms with E-state index >= 15 is 0 Å². The minimum Gasteiger partial charge on any atom is -0.377 e. The Morgan fingerprint density at radius 3 is 3.00 bits per heavy atom. The van der Waals surface area contributed by atoms with Crippen LogP contribution >= 0.6 is 0 Å². The van der Waals surface area contributed by atoms with E-state index in [1.165, 1.54) is 0 Å². The normalized spacial score (nSPS) is 28.2. The molecule has 6 nitrogen and oxygen atoms in total. The maximum absolute atomic E-state index is 12.2. The number of amides is 2. The Morgan fingerprint density at radius 1 is 1.50 bits per heavy atom. The molecule has 0 aromatic carbocycles. The summed E-state index contributed by atoms with van der Waals surface area (Å²) in [5.74, 6) is 0.332. The molecule has 0 bridgehead atoms. The Labute approximate surface area is 107 Å². The van der Waals surface area contributed by atoms with E-state index in [-0.39, 0.29) is 11.8 Å². The first-order valence-electron chi connectivity index (χ1n) is 6.52. The van der Waals surface area contributed by atoms with Crippen LogP contribution in [0.25, 0.3) is 0 Å². The maximum atomic E-state index is 12.2. The van der Waals surface area contributed by atoms with Gasteiger partial charge in [0.05, 0.1) is 13.2 Å². The summed E-state index contributed by atoms with van der Waals surface area (Å²) < 4.78 is 5.29. The molecule has 0 radical (unpaired) electrons. The lowest BCUT2D eigenvalue weighted by Crippen LogP contribution is -2.55. The smallest absolute Gasteiger partial charge is 0.244 e. The van der Waals surface area contributed by atoms with Gasteiger partial charge in [0.2, 0.25) is 11.8 Å². The third-order valence-corrected chi connectivity index (χ3v) is 3.62. The number of nitrogens with zero attached hydrogens (tertiary/aromatic N) is 1. The minimum absolute atomic E-state index is 0.0700. The van der Waals surface area contributed by atoms with Gasteiger partial charge >= 0.3 is 0 Å².